The number of ether oxygens (including phenoxy) is 2. The van der Waals surface area contributed by atoms with Crippen molar-refractivity contribution in [3.8, 4) is 0 Å². The Morgan fingerprint density at radius 2 is 0.797 bits per heavy atom. The van der Waals surface area contributed by atoms with Crippen LogP contribution in [-0.4, -0.2) is 57.2 Å². The van der Waals surface area contributed by atoms with E-state index in [9.17, 15) is 9.59 Å². The molecule has 0 radical (unpaired) electrons. The molecule has 0 bridgehead atoms. The number of hydrogen-bond donors (Lipinski definition) is 1. The lowest BCUT2D eigenvalue weighted by Crippen LogP contribution is -2.09. The van der Waals surface area contributed by atoms with Crippen LogP contribution < -0.4 is 5.32 Å². The molecule has 5 nitrogen and oxygen atoms in total. The molecular weight excluding hydrogens is 746 g/mol. The maximum atomic E-state index is 12.6. The highest BCUT2D eigenvalue weighted by molar-refractivity contribution is 7.57. The van der Waals surface area contributed by atoms with Crippen LogP contribution in [-0.2, 0) is 19.1 Å². The molecule has 0 rings (SSSR count). The van der Waals surface area contributed by atoms with Crippen molar-refractivity contribution in [2.24, 2.45) is 35.5 Å². The summed E-state index contributed by atoms with van der Waals surface area (Å²) in [4.78, 5) is 25.1. The summed E-state index contributed by atoms with van der Waals surface area (Å²) in [5, 5.41) is 3.26. The van der Waals surface area contributed by atoms with Gasteiger partial charge in [0, 0.05) is 12.8 Å². The van der Waals surface area contributed by atoms with Crippen LogP contribution in [0.5, 0.6) is 0 Å². The quantitative estimate of drug-likeness (QED) is 0.0287. The Morgan fingerprint density at radius 1 is 0.458 bits per heavy atom. The number of nitrogens with one attached hydrogen (secondary N) is 1. The summed E-state index contributed by atoms with van der Waals surface area (Å²) >= 11 is 0. The van der Waals surface area contributed by atoms with E-state index in [-0.39, 0.29) is 19.9 Å². The van der Waals surface area contributed by atoms with Crippen LogP contribution in [0.15, 0.2) is 23.3 Å². The molecule has 59 heavy (non-hydrogen) atoms. The predicted octanol–water partition coefficient (Wildman–Crippen LogP) is 15.9. The van der Waals surface area contributed by atoms with Crippen molar-refractivity contribution >= 4 is 19.9 Å². The van der Waals surface area contributed by atoms with Gasteiger partial charge in [-0.25, -0.2) is 0 Å². The molecule has 0 amide bonds. The molecule has 0 aromatic carbocycles. The van der Waals surface area contributed by atoms with Gasteiger partial charge in [0.15, 0.2) is 0 Å². The number of esters is 2. The average Bonchev–Trinajstić information content (AvgIpc) is 3.16. The van der Waals surface area contributed by atoms with Gasteiger partial charge < -0.3 is 14.8 Å². The average molecular weight is 848 g/mol. The van der Waals surface area contributed by atoms with Gasteiger partial charge in [-0.05, 0) is 145 Å². The van der Waals surface area contributed by atoms with Gasteiger partial charge in [-0.2, -0.15) is 0 Å². The highest BCUT2D eigenvalue weighted by Crippen LogP contribution is 2.39. The number of carbonyl (C=O) groups is 2. The molecule has 0 aliphatic carbocycles. The fraction of sp³-hybridized carbons (Fsp3) is 0.887. The first-order chi connectivity index (χ1) is 28.2. The molecule has 0 aromatic heterocycles. The Kier molecular flexibility index (Phi) is 38.8. The van der Waals surface area contributed by atoms with Crippen LogP contribution in [0.3, 0.4) is 0 Å². The summed E-state index contributed by atoms with van der Waals surface area (Å²) in [5.41, 5.74) is 2.66. The Labute approximate surface area is 370 Å². The smallest absolute Gasteiger partial charge is 0.306 e. The SMILES string of the molecule is CNCCCCP(CCCC(=O)OC/C=C(\C)CCCC(C)CCCC(C)CCCC(C)C)CCCC(=O)OC/C=C(\C)CCCC(C)CCCC(C)CCCC(C)C. The minimum Gasteiger partial charge on any atom is -0.461 e. The fourth-order valence-electron chi connectivity index (χ4n) is 8.18. The van der Waals surface area contributed by atoms with E-state index in [0.717, 1.165) is 80.1 Å². The maximum absolute atomic E-state index is 12.6. The van der Waals surface area contributed by atoms with Gasteiger partial charge in [0.05, 0.1) is 0 Å². The van der Waals surface area contributed by atoms with Crippen molar-refractivity contribution in [3.63, 3.8) is 0 Å². The molecule has 4 unspecified atom stereocenters. The van der Waals surface area contributed by atoms with Crippen molar-refractivity contribution in [3.05, 3.63) is 23.3 Å². The Balaban J connectivity index is 4.27. The second kappa shape index (κ2) is 39.6. The van der Waals surface area contributed by atoms with Gasteiger partial charge in [0.2, 0.25) is 0 Å². The van der Waals surface area contributed by atoms with E-state index in [1.54, 1.807) is 0 Å². The molecule has 0 heterocycles. The molecule has 0 spiro atoms. The summed E-state index contributed by atoms with van der Waals surface area (Å²) in [6, 6.07) is 0. The van der Waals surface area contributed by atoms with Crippen LogP contribution in [0.1, 0.15) is 223 Å². The Bertz CT molecular complexity index is 978. The molecule has 0 aliphatic rings. The number of unbranched alkanes of at least 4 members (excludes halogenated alkanes) is 1. The van der Waals surface area contributed by atoms with E-state index >= 15 is 0 Å². The van der Waals surface area contributed by atoms with Crippen LogP contribution in [0.4, 0.5) is 0 Å². The molecule has 0 saturated carbocycles. The molecule has 0 fully saturated rings. The first-order valence-electron chi connectivity index (χ1n) is 25.2. The summed E-state index contributed by atoms with van der Waals surface area (Å²) < 4.78 is 11.2. The van der Waals surface area contributed by atoms with Crippen LogP contribution >= 0.6 is 7.92 Å². The second-order valence-electron chi connectivity index (χ2n) is 20.0. The number of allylic oxidation sites excluding steroid dienone is 2. The van der Waals surface area contributed by atoms with Crippen molar-refractivity contribution in [1.29, 1.82) is 0 Å². The van der Waals surface area contributed by atoms with E-state index in [2.05, 4.69) is 86.7 Å². The highest BCUT2D eigenvalue weighted by Gasteiger charge is 2.13. The van der Waals surface area contributed by atoms with Crippen LogP contribution in [0.25, 0.3) is 0 Å². The van der Waals surface area contributed by atoms with E-state index in [1.807, 2.05) is 7.05 Å². The van der Waals surface area contributed by atoms with E-state index in [0.29, 0.717) is 26.1 Å². The van der Waals surface area contributed by atoms with E-state index in [1.165, 1.54) is 133 Å². The lowest BCUT2D eigenvalue weighted by Gasteiger charge is -2.17. The number of rotatable bonds is 41. The van der Waals surface area contributed by atoms with Gasteiger partial charge in [-0.1, -0.05) is 156 Å². The Hall–Kier alpha value is -1.19. The molecular formula is C53H102NO4P. The minimum atomic E-state index is -0.203. The van der Waals surface area contributed by atoms with Crippen LogP contribution in [0, 0.1) is 35.5 Å². The molecule has 4 atom stereocenters. The third-order valence-electron chi connectivity index (χ3n) is 12.5. The zero-order chi connectivity index (χ0) is 44.1. The van der Waals surface area contributed by atoms with Gasteiger partial charge in [-0.3, -0.25) is 9.59 Å². The standard InChI is InChI=1S/C53H102NO4P/c1-44(2)22-14-24-46(5)26-16-28-48(7)30-18-32-50(9)36-39-57-52(55)34-20-42-59(41-13-12-38-54-11)43-21-35-53(56)58-40-37-51(10)33-19-31-49(8)29-17-27-47(6)25-15-23-45(3)4/h36-37,44-49,54H,12-35,38-43H2,1-11H3/b50-36+,51-37+. The van der Waals surface area contributed by atoms with Crippen molar-refractivity contribution < 1.29 is 19.1 Å². The summed E-state index contributed by atoms with van der Waals surface area (Å²) in [7, 11) is 1.80. The first-order valence-corrected chi connectivity index (χ1v) is 27.1. The molecule has 6 heteroatoms. The molecule has 0 saturated heterocycles. The third-order valence-corrected chi connectivity index (χ3v) is 15.3. The van der Waals surface area contributed by atoms with E-state index < -0.39 is 0 Å². The third kappa shape index (κ3) is 40.6. The zero-order valence-electron chi connectivity index (χ0n) is 41.4. The van der Waals surface area contributed by atoms with Crippen molar-refractivity contribution in [2.45, 2.75) is 223 Å². The summed E-state index contributed by atoms with van der Waals surface area (Å²) in [6.07, 6.45) is 36.2. The second-order valence-corrected chi connectivity index (χ2v) is 22.7. The van der Waals surface area contributed by atoms with Gasteiger partial charge in [-0.15, -0.1) is 7.92 Å². The largest absolute Gasteiger partial charge is 0.461 e. The number of carbonyl (C=O) groups excluding carboxylic acids is 2. The lowest BCUT2D eigenvalue weighted by atomic mass is 9.91. The Morgan fingerprint density at radius 3 is 1.15 bits per heavy atom. The predicted molar refractivity (Wildman–Crippen MR) is 262 cm³/mol. The number of hydrogen-bond acceptors (Lipinski definition) is 5. The van der Waals surface area contributed by atoms with Crippen LogP contribution in [0.2, 0.25) is 0 Å². The normalized spacial score (nSPS) is 15.1. The molecule has 1 N–H and O–H groups in total. The zero-order valence-corrected chi connectivity index (χ0v) is 42.3. The van der Waals surface area contributed by atoms with Gasteiger partial charge >= 0.3 is 11.9 Å². The minimum absolute atomic E-state index is 0.0828. The first kappa shape index (κ1) is 57.8. The topological polar surface area (TPSA) is 64.6 Å². The summed E-state index contributed by atoms with van der Waals surface area (Å²) in [5.74, 6) is 4.79. The van der Waals surface area contributed by atoms with Crippen molar-refractivity contribution in [1.82, 2.24) is 5.32 Å². The molecule has 0 aromatic rings. The lowest BCUT2D eigenvalue weighted by molar-refractivity contribution is -0.143. The van der Waals surface area contributed by atoms with Gasteiger partial charge in [0.25, 0.3) is 0 Å². The molecule has 348 valence electrons. The summed E-state index contributed by atoms with van der Waals surface area (Å²) in [6.45, 7) is 25.2. The fourth-order valence-corrected chi connectivity index (χ4v) is 10.7. The van der Waals surface area contributed by atoms with E-state index in [4.69, 9.17) is 9.47 Å². The van der Waals surface area contributed by atoms with Gasteiger partial charge in [0.1, 0.15) is 13.2 Å². The van der Waals surface area contributed by atoms with Crippen molar-refractivity contribution in [2.75, 3.05) is 45.3 Å². The highest BCUT2D eigenvalue weighted by atomic mass is 31.1. The molecule has 0 aliphatic heterocycles. The maximum Gasteiger partial charge on any atom is 0.306 e. The monoisotopic (exact) mass is 848 g/mol.